The smallest absolute Gasteiger partial charge is 0.290 e. The number of hydrogen-bond acceptors (Lipinski definition) is 7. The molecule has 0 amide bonds. The van der Waals surface area contributed by atoms with E-state index in [1.54, 1.807) is 36.4 Å². The van der Waals surface area contributed by atoms with E-state index >= 15 is 0 Å². The second kappa shape index (κ2) is 15.0. The number of benzene rings is 7. The molecule has 0 aliphatic heterocycles. The Balaban J connectivity index is 1.50. The van der Waals surface area contributed by atoms with E-state index in [0.29, 0.717) is 78.6 Å². The van der Waals surface area contributed by atoms with Crippen molar-refractivity contribution >= 4 is 48.9 Å². The Labute approximate surface area is 367 Å². The maximum Gasteiger partial charge on any atom is 0.294 e. The minimum absolute atomic E-state index is 0.275. The monoisotopic (exact) mass is 851 g/mol. The molecule has 0 aliphatic rings. The second-order valence-corrected chi connectivity index (χ2v) is 16.9. The summed E-state index contributed by atoms with van der Waals surface area (Å²) in [5.74, 6) is 1.66. The van der Waals surface area contributed by atoms with Gasteiger partial charge in [-0.1, -0.05) is 60.2 Å². The molecule has 0 atom stereocenters. The number of nitrogens with zero attached hydrogens (tertiary/aromatic N) is 9. The predicted octanol–water partition coefficient (Wildman–Crippen LogP) is 11.2. The highest BCUT2D eigenvalue weighted by atomic mass is 32.2. The Morgan fingerprint density at radius 3 is 1.25 bits per heavy atom. The lowest BCUT2D eigenvalue weighted by molar-refractivity contribution is 0.483. The Kier molecular flexibility index (Phi) is 9.28. The maximum atomic E-state index is 12.3. The fraction of sp³-hybridized carbons (Fsp3) is 0.0588. The molecule has 3 heterocycles. The lowest BCUT2D eigenvalue weighted by atomic mass is 10.0. The molecule has 3 aromatic heterocycles. The molecule has 10 rings (SSSR count). The third-order valence-corrected chi connectivity index (χ3v) is 12.4. The van der Waals surface area contributed by atoms with Crippen molar-refractivity contribution in [2.24, 2.45) is 0 Å². The summed E-state index contributed by atoms with van der Waals surface area (Å²) in [4.78, 5) is 20.0. The highest BCUT2D eigenvalue weighted by Gasteiger charge is 2.31. The van der Waals surface area contributed by atoms with Gasteiger partial charge in [0.05, 0.1) is 34.7 Å². The maximum absolute atomic E-state index is 12.3. The molecule has 0 fully saturated rings. The molecule has 0 radical (unpaired) electrons. The number of para-hydroxylation sites is 2. The van der Waals surface area contributed by atoms with Gasteiger partial charge in [0.1, 0.15) is 50.6 Å². The zero-order valence-electron chi connectivity index (χ0n) is 34.5. The summed E-state index contributed by atoms with van der Waals surface area (Å²) in [7, 11) is -4.53. The highest BCUT2D eigenvalue weighted by molar-refractivity contribution is 7.85. The lowest BCUT2D eigenvalue weighted by Crippen LogP contribution is -2.02. The van der Waals surface area contributed by atoms with E-state index < -0.39 is 10.1 Å². The van der Waals surface area contributed by atoms with Gasteiger partial charge in [-0.15, -0.1) is 0 Å². The number of aryl methyl sites for hydroxylation is 3. The van der Waals surface area contributed by atoms with Crippen molar-refractivity contribution in [2.45, 2.75) is 25.7 Å². The van der Waals surface area contributed by atoms with E-state index in [4.69, 9.17) is 21.5 Å². The van der Waals surface area contributed by atoms with E-state index in [-0.39, 0.29) is 4.90 Å². The van der Waals surface area contributed by atoms with E-state index in [2.05, 4.69) is 26.1 Å². The summed E-state index contributed by atoms with van der Waals surface area (Å²) in [5.41, 5.74) is 11.8. The summed E-state index contributed by atoms with van der Waals surface area (Å²) in [6, 6.07) is 46.5. The first-order valence-electron chi connectivity index (χ1n) is 20.1. The van der Waals surface area contributed by atoms with Gasteiger partial charge in [0.25, 0.3) is 10.1 Å². The first-order chi connectivity index (χ1) is 31.0. The van der Waals surface area contributed by atoms with Crippen LogP contribution in [0.15, 0.2) is 144 Å². The third-order valence-electron chi connectivity index (χ3n) is 11.5. The molecule has 0 aliphatic carbocycles. The number of imidazole rings is 3. The zero-order chi connectivity index (χ0) is 44.4. The molecular weight excluding hydrogens is 819 g/mol. The summed E-state index contributed by atoms with van der Waals surface area (Å²) in [6.07, 6.45) is 0. The average molecular weight is 852 g/mol. The molecule has 12 nitrogen and oxygen atoms in total. The Hall–Kier alpha value is -8.67. The Morgan fingerprint density at radius 2 is 0.906 bits per heavy atom. The van der Waals surface area contributed by atoms with Crippen molar-refractivity contribution in [3.05, 3.63) is 179 Å². The van der Waals surface area contributed by atoms with Crippen LogP contribution >= 0.6 is 0 Å². The fourth-order valence-corrected chi connectivity index (χ4v) is 9.05. The number of rotatable bonds is 7. The average Bonchev–Trinajstić information content (AvgIpc) is 4.01. The molecule has 306 valence electrons. The van der Waals surface area contributed by atoms with Gasteiger partial charge in [0, 0.05) is 33.8 Å². The molecule has 64 heavy (non-hydrogen) atoms. The molecular formula is C51H33N9O3S. The number of fused-ring (bicyclic) bond motifs is 6. The molecule has 7 aromatic carbocycles. The molecule has 0 spiro atoms. The highest BCUT2D eigenvalue weighted by Crippen LogP contribution is 2.45. The van der Waals surface area contributed by atoms with Crippen LogP contribution in [-0.2, 0) is 10.1 Å². The van der Waals surface area contributed by atoms with E-state index in [1.807, 2.05) is 116 Å². The van der Waals surface area contributed by atoms with Gasteiger partial charge in [-0.2, -0.15) is 18.9 Å². The van der Waals surface area contributed by atoms with Gasteiger partial charge in [-0.3, -0.25) is 18.3 Å². The van der Waals surface area contributed by atoms with Crippen LogP contribution in [0.5, 0.6) is 0 Å². The number of nitriles is 2. The number of aromatic nitrogens is 6. The predicted molar refractivity (Wildman–Crippen MR) is 246 cm³/mol. The number of hydrogen-bond donors (Lipinski definition) is 1. The van der Waals surface area contributed by atoms with Crippen LogP contribution in [0.2, 0.25) is 0 Å². The topological polar surface area (TPSA) is 160 Å². The second-order valence-electron chi connectivity index (χ2n) is 15.4. The Morgan fingerprint density at radius 1 is 0.531 bits per heavy atom. The van der Waals surface area contributed by atoms with Gasteiger partial charge in [0.15, 0.2) is 5.69 Å². The summed E-state index contributed by atoms with van der Waals surface area (Å²) >= 11 is 0. The van der Waals surface area contributed by atoms with Gasteiger partial charge in [-0.05, 0) is 117 Å². The van der Waals surface area contributed by atoms with Gasteiger partial charge >= 0.3 is 0 Å². The van der Waals surface area contributed by atoms with Crippen molar-refractivity contribution in [3.63, 3.8) is 0 Å². The molecule has 0 bridgehead atoms. The van der Waals surface area contributed by atoms with E-state index in [1.165, 1.54) is 12.1 Å². The Bertz CT molecular complexity index is 3740. The molecule has 0 unspecified atom stereocenters. The third kappa shape index (κ3) is 6.29. The van der Waals surface area contributed by atoms with Crippen LogP contribution < -0.4 is 0 Å². The summed E-state index contributed by atoms with van der Waals surface area (Å²) < 4.78 is 40.8. The quantitative estimate of drug-likeness (QED) is 0.122. The van der Waals surface area contributed by atoms with Crippen LogP contribution in [0.3, 0.4) is 0 Å². The van der Waals surface area contributed by atoms with E-state index in [9.17, 15) is 23.5 Å². The van der Waals surface area contributed by atoms with E-state index in [0.717, 1.165) is 39.2 Å². The van der Waals surface area contributed by atoms with Crippen molar-refractivity contribution in [3.8, 4) is 63.4 Å². The van der Waals surface area contributed by atoms with Gasteiger partial charge in [0.2, 0.25) is 0 Å². The first-order valence-corrected chi connectivity index (χ1v) is 21.5. The summed E-state index contributed by atoms with van der Waals surface area (Å²) in [6.45, 7) is 13.5. The minimum atomic E-state index is -4.53. The zero-order valence-corrected chi connectivity index (χ0v) is 35.3. The minimum Gasteiger partial charge on any atom is -0.290 e. The summed E-state index contributed by atoms with van der Waals surface area (Å²) in [5, 5.41) is 19.7. The first kappa shape index (κ1) is 39.5. The molecule has 0 saturated carbocycles. The van der Waals surface area contributed by atoms with Crippen LogP contribution in [0.4, 0.5) is 5.69 Å². The lowest BCUT2D eigenvalue weighted by Gasteiger charge is -2.13. The fourth-order valence-electron chi connectivity index (χ4n) is 8.57. The van der Waals surface area contributed by atoms with Crippen molar-refractivity contribution in [2.75, 3.05) is 0 Å². The van der Waals surface area contributed by atoms with Crippen LogP contribution in [-0.4, -0.2) is 41.6 Å². The standard InChI is InChI=1S/C51H33N9O3S/c1-30-25-33(28-52)15-22-40(30)49-55-44-46(58(49)36-11-7-5-8-12-36)43-47(59(37-13-9-6-10-14-37)51(57-43)42-24-17-35(54-4)27-32(42)3)45-48(44)60(38-18-20-39(21-19-38)64(61,62)63)50(56-45)41-23-16-34(29-53)26-31(41)2/h5-27H,1-3H3,(H,61,62,63). The van der Waals surface area contributed by atoms with Crippen molar-refractivity contribution in [1.29, 1.82) is 10.5 Å². The van der Waals surface area contributed by atoms with Crippen LogP contribution in [0, 0.1) is 50.0 Å². The normalized spacial score (nSPS) is 11.5. The molecule has 13 heteroatoms. The van der Waals surface area contributed by atoms with Gasteiger partial charge < -0.3 is 0 Å². The van der Waals surface area contributed by atoms with Crippen molar-refractivity contribution < 1.29 is 13.0 Å². The molecule has 10 aromatic rings. The SMILES string of the molecule is [C-]#[N+]c1ccc(-c2nc3c4c(nc(-c5ccc(C#N)cc5C)n4-c4ccccc4)c4c(nc(-c5ccc(C#N)cc5C)n4-c4ccc(S(=O)(=O)O)cc4)c3n2-c2ccccc2)c(C)c1. The largest absolute Gasteiger partial charge is 0.294 e. The van der Waals surface area contributed by atoms with Crippen LogP contribution in [0.25, 0.3) is 89.2 Å². The van der Waals surface area contributed by atoms with Gasteiger partial charge in [-0.25, -0.2) is 19.8 Å². The van der Waals surface area contributed by atoms with Crippen molar-refractivity contribution in [1.82, 2.24) is 28.7 Å². The van der Waals surface area contributed by atoms with Crippen LogP contribution in [0.1, 0.15) is 27.8 Å². The molecule has 0 saturated heterocycles. The molecule has 1 N–H and O–H groups in total.